The Labute approximate surface area is 149 Å². The van der Waals surface area contributed by atoms with Crippen molar-refractivity contribution < 1.29 is 4.79 Å². The fourth-order valence-corrected chi connectivity index (χ4v) is 2.73. The number of nitrogens with zero attached hydrogens (tertiary/aromatic N) is 3. The van der Waals surface area contributed by atoms with Crippen LogP contribution in [-0.2, 0) is 0 Å². The molecule has 0 atom stereocenters. The number of rotatable bonds is 3. The summed E-state index contributed by atoms with van der Waals surface area (Å²) in [5.74, 6) is -1.07. The molecule has 1 aliphatic rings. The van der Waals surface area contributed by atoms with Crippen LogP contribution >= 0.6 is 11.6 Å². The van der Waals surface area contributed by atoms with Crippen LogP contribution in [0.2, 0.25) is 5.15 Å². The normalized spacial score (nSPS) is 20.8. The number of carbonyl (C=O) groups is 1. The zero-order valence-electron chi connectivity index (χ0n) is 13.4. The van der Waals surface area contributed by atoms with Gasteiger partial charge in [0.25, 0.3) is 0 Å². The number of anilines is 2. The van der Waals surface area contributed by atoms with E-state index in [-0.39, 0.29) is 46.5 Å². The number of aliphatic imine (C=N–C) groups is 1. The van der Waals surface area contributed by atoms with Crippen molar-refractivity contribution in [3.63, 3.8) is 0 Å². The summed E-state index contributed by atoms with van der Waals surface area (Å²) in [6.45, 7) is 0. The van der Waals surface area contributed by atoms with E-state index in [4.69, 9.17) is 39.9 Å². The zero-order chi connectivity index (χ0) is 18.6. The predicted octanol–water partition coefficient (Wildman–Crippen LogP) is -0.867. The van der Waals surface area contributed by atoms with Crippen molar-refractivity contribution in [3.8, 4) is 0 Å². The highest BCUT2D eigenvalue weighted by molar-refractivity contribution is 6.31. The van der Waals surface area contributed by atoms with E-state index in [1.165, 1.54) is 0 Å². The Balaban J connectivity index is 1.95. The molecule has 1 aromatic heterocycles. The first-order valence-corrected chi connectivity index (χ1v) is 7.98. The van der Waals surface area contributed by atoms with Crippen LogP contribution in [0.3, 0.4) is 0 Å². The molecule has 12 heteroatoms. The van der Waals surface area contributed by atoms with Crippen LogP contribution in [0, 0.1) is 5.41 Å². The third kappa shape index (κ3) is 5.08. The first-order valence-electron chi connectivity index (χ1n) is 7.60. The maximum absolute atomic E-state index is 12.1. The van der Waals surface area contributed by atoms with E-state index in [1.54, 1.807) is 0 Å². The largest absolute Gasteiger partial charge is 0.382 e. The number of amides is 1. The lowest BCUT2D eigenvalue weighted by Gasteiger charge is -2.29. The van der Waals surface area contributed by atoms with Gasteiger partial charge in [0, 0.05) is 12.1 Å². The van der Waals surface area contributed by atoms with E-state index in [2.05, 4.69) is 25.6 Å². The molecule has 11 nitrogen and oxygen atoms in total. The SMILES string of the molecule is N=C(N)N[C@H]1CC[C@H](N/C(N)=N/C(=O)c2nc(Cl)c(N)nc2N)CC1. The quantitative estimate of drug-likeness (QED) is 0.261. The smallest absolute Gasteiger partial charge is 0.302 e. The molecule has 0 aliphatic heterocycles. The Kier molecular flexibility index (Phi) is 5.80. The van der Waals surface area contributed by atoms with Gasteiger partial charge in [0.15, 0.2) is 34.4 Å². The lowest BCUT2D eigenvalue weighted by Crippen LogP contribution is -2.47. The molecular weight excluding hydrogens is 348 g/mol. The Morgan fingerprint density at radius 1 is 1.08 bits per heavy atom. The predicted molar refractivity (Wildman–Crippen MR) is 96.0 cm³/mol. The molecule has 1 heterocycles. The van der Waals surface area contributed by atoms with Crippen molar-refractivity contribution in [2.45, 2.75) is 37.8 Å². The maximum atomic E-state index is 12.1. The first kappa shape index (κ1) is 18.5. The van der Waals surface area contributed by atoms with Gasteiger partial charge in [-0.05, 0) is 25.7 Å². The Bertz CT molecular complexity index is 698. The van der Waals surface area contributed by atoms with Crippen molar-refractivity contribution in [2.75, 3.05) is 11.5 Å². The number of hydrogen-bond acceptors (Lipinski definition) is 6. The number of nitrogens with one attached hydrogen (secondary N) is 3. The molecular formula is C13H21ClN10O. The van der Waals surface area contributed by atoms with E-state index in [0.717, 1.165) is 25.7 Å². The highest BCUT2D eigenvalue weighted by Crippen LogP contribution is 2.19. The van der Waals surface area contributed by atoms with E-state index in [1.807, 2.05) is 0 Å². The van der Waals surface area contributed by atoms with Crippen molar-refractivity contribution in [1.82, 2.24) is 20.6 Å². The minimum absolute atomic E-state index is 0.0380. The highest BCUT2D eigenvalue weighted by atomic mass is 35.5. The van der Waals surface area contributed by atoms with Gasteiger partial charge in [0.2, 0.25) is 0 Å². The van der Waals surface area contributed by atoms with Crippen molar-refractivity contribution in [3.05, 3.63) is 10.8 Å². The number of hydrogen-bond donors (Lipinski definition) is 7. The lowest BCUT2D eigenvalue weighted by atomic mass is 9.91. The van der Waals surface area contributed by atoms with Gasteiger partial charge in [-0.15, -0.1) is 0 Å². The standard InChI is InChI=1S/C13H21ClN10O/c14-8-10(16)23-9(15)7(22-8)11(25)24-13(19)21-6-3-1-5(2-4-6)20-12(17)18/h5-6H,1-4H2,(H4,15,16,23)(H4,17,18,20)(H3,19,21,24,25)/t5-,6-. The third-order valence-corrected chi connectivity index (χ3v) is 4.05. The van der Waals surface area contributed by atoms with Gasteiger partial charge >= 0.3 is 5.91 Å². The van der Waals surface area contributed by atoms with Gasteiger partial charge in [0.1, 0.15) is 0 Å². The summed E-state index contributed by atoms with van der Waals surface area (Å²) in [6.07, 6.45) is 3.24. The Hall–Kier alpha value is -2.82. The van der Waals surface area contributed by atoms with Crippen LogP contribution in [0.4, 0.5) is 11.6 Å². The minimum atomic E-state index is -0.760. The monoisotopic (exact) mass is 368 g/mol. The number of nitrogens with two attached hydrogens (primary N) is 4. The molecule has 11 N–H and O–H groups in total. The molecule has 0 aromatic carbocycles. The average Bonchev–Trinajstić information content (AvgIpc) is 2.52. The van der Waals surface area contributed by atoms with E-state index in [0.29, 0.717) is 0 Å². The summed E-state index contributed by atoms with van der Waals surface area (Å²) in [5, 5.41) is 13.0. The topological polar surface area (TPSA) is 207 Å². The van der Waals surface area contributed by atoms with Crippen molar-refractivity contribution in [1.29, 1.82) is 5.41 Å². The number of guanidine groups is 2. The van der Waals surface area contributed by atoms with Gasteiger partial charge in [-0.1, -0.05) is 11.6 Å². The summed E-state index contributed by atoms with van der Waals surface area (Å²) in [6, 6.07) is 0.238. The molecule has 0 spiro atoms. The number of nitrogen functional groups attached to an aromatic ring is 2. The molecule has 25 heavy (non-hydrogen) atoms. The molecule has 0 saturated heterocycles. The number of carbonyl (C=O) groups excluding carboxylic acids is 1. The van der Waals surface area contributed by atoms with Crippen LogP contribution in [0.5, 0.6) is 0 Å². The van der Waals surface area contributed by atoms with Crippen molar-refractivity contribution in [2.24, 2.45) is 16.5 Å². The summed E-state index contributed by atoms with van der Waals surface area (Å²) in [4.78, 5) is 23.4. The molecule has 1 amide bonds. The van der Waals surface area contributed by atoms with Crippen LogP contribution in [0.25, 0.3) is 0 Å². The molecule has 136 valence electrons. The zero-order valence-corrected chi connectivity index (χ0v) is 14.2. The van der Waals surface area contributed by atoms with Crippen LogP contribution < -0.4 is 33.6 Å². The molecule has 0 bridgehead atoms. The fraction of sp³-hybridized carbons (Fsp3) is 0.462. The summed E-state index contributed by atoms with van der Waals surface area (Å²) in [7, 11) is 0. The second kappa shape index (κ2) is 7.83. The lowest BCUT2D eigenvalue weighted by molar-refractivity contribution is 0.0998. The van der Waals surface area contributed by atoms with E-state index in [9.17, 15) is 4.79 Å². The Morgan fingerprint density at radius 2 is 1.64 bits per heavy atom. The molecule has 2 rings (SSSR count). The molecule has 1 aliphatic carbocycles. The Morgan fingerprint density at radius 3 is 2.20 bits per heavy atom. The molecule has 0 radical (unpaired) electrons. The van der Waals surface area contributed by atoms with Crippen LogP contribution in [-0.4, -0.2) is 39.9 Å². The second-order valence-electron chi connectivity index (χ2n) is 5.69. The fourth-order valence-electron chi connectivity index (χ4n) is 2.60. The van der Waals surface area contributed by atoms with Gasteiger partial charge in [0.05, 0.1) is 0 Å². The molecule has 0 unspecified atom stereocenters. The van der Waals surface area contributed by atoms with Gasteiger partial charge in [-0.3, -0.25) is 10.2 Å². The maximum Gasteiger partial charge on any atom is 0.302 e. The number of aromatic nitrogens is 2. The number of halogens is 1. The summed E-state index contributed by atoms with van der Waals surface area (Å²) in [5.41, 5.74) is 22.0. The van der Waals surface area contributed by atoms with E-state index >= 15 is 0 Å². The van der Waals surface area contributed by atoms with Gasteiger partial charge in [-0.25, -0.2) is 9.97 Å². The average molecular weight is 369 g/mol. The third-order valence-electron chi connectivity index (χ3n) is 3.77. The minimum Gasteiger partial charge on any atom is -0.382 e. The van der Waals surface area contributed by atoms with E-state index < -0.39 is 5.91 Å². The second-order valence-corrected chi connectivity index (χ2v) is 6.04. The summed E-state index contributed by atoms with van der Waals surface area (Å²) < 4.78 is 0. The highest BCUT2D eigenvalue weighted by Gasteiger charge is 2.22. The molecule has 1 aromatic rings. The van der Waals surface area contributed by atoms with Gasteiger partial charge < -0.3 is 33.6 Å². The van der Waals surface area contributed by atoms with Crippen LogP contribution in [0.15, 0.2) is 4.99 Å². The van der Waals surface area contributed by atoms with Crippen LogP contribution in [0.1, 0.15) is 36.2 Å². The molecule has 1 fully saturated rings. The van der Waals surface area contributed by atoms with Gasteiger partial charge in [-0.2, -0.15) is 4.99 Å². The first-order chi connectivity index (χ1) is 11.8. The van der Waals surface area contributed by atoms with Crippen molar-refractivity contribution >= 4 is 41.1 Å². The molecule has 1 saturated carbocycles. The summed E-state index contributed by atoms with van der Waals surface area (Å²) >= 11 is 5.74.